The molecule has 3 rings (SSSR count). The number of carbonyl (C=O) groups is 1. The highest BCUT2D eigenvalue weighted by Gasteiger charge is 2.50. The van der Waals surface area contributed by atoms with E-state index in [0.717, 1.165) is 6.26 Å². The highest BCUT2D eigenvalue weighted by Crippen LogP contribution is 2.42. The van der Waals surface area contributed by atoms with Crippen LogP contribution in [0.2, 0.25) is 0 Å². The molecule has 0 fully saturated rings. The number of rotatable bonds is 5. The van der Waals surface area contributed by atoms with Crippen LogP contribution in [0.1, 0.15) is 23.6 Å². The number of benzene rings is 2. The van der Waals surface area contributed by atoms with Crippen LogP contribution in [0.3, 0.4) is 0 Å². The molecule has 0 aliphatic carbocycles. The van der Waals surface area contributed by atoms with E-state index in [4.69, 9.17) is 9.92 Å². The van der Waals surface area contributed by atoms with E-state index in [1.165, 1.54) is 36.2 Å². The van der Waals surface area contributed by atoms with Crippen molar-refractivity contribution in [1.82, 2.24) is 4.90 Å². The topological polar surface area (TPSA) is 102 Å². The second kappa shape index (κ2) is 7.42. The zero-order valence-corrected chi connectivity index (χ0v) is 18.3. The Kier molecular flexibility index (Phi) is 5.44. The molecule has 0 bridgehead atoms. The van der Waals surface area contributed by atoms with Crippen molar-refractivity contribution >= 4 is 37.9 Å². The summed E-state index contributed by atoms with van der Waals surface area (Å²) < 4.78 is 42.5. The highest BCUT2D eigenvalue weighted by atomic mass is 79.9. The number of carbonyl (C=O) groups excluding carboxylic acids is 1. The fourth-order valence-electron chi connectivity index (χ4n) is 3.22. The minimum atomic E-state index is -3.79. The standard InChI is InChI=1S/C19H19BrFN3O4S/c1-4-11-5-6-13(10-16(11)28-29(3,26)27)19(17(25)24(2)18(22)23-19)12-7-8-15(21)14(20)9-12/h5-10H,4H2,1-3H3,(H2,22,23). The molecule has 1 aliphatic rings. The molecule has 10 heteroatoms. The molecule has 2 aromatic rings. The minimum Gasteiger partial charge on any atom is -0.382 e. The lowest BCUT2D eigenvalue weighted by atomic mass is 9.82. The van der Waals surface area contributed by atoms with Crippen molar-refractivity contribution < 1.29 is 21.8 Å². The number of nitrogens with zero attached hydrogens (tertiary/aromatic N) is 2. The number of hydrogen-bond donors (Lipinski definition) is 1. The summed E-state index contributed by atoms with van der Waals surface area (Å²) >= 11 is 3.13. The Hall–Kier alpha value is -2.46. The van der Waals surface area contributed by atoms with Gasteiger partial charge in [0.15, 0.2) is 11.5 Å². The van der Waals surface area contributed by atoms with Gasteiger partial charge in [-0.05, 0) is 57.2 Å². The van der Waals surface area contributed by atoms with Crippen molar-refractivity contribution in [1.29, 1.82) is 0 Å². The lowest BCUT2D eigenvalue weighted by Gasteiger charge is -2.27. The Morgan fingerprint density at radius 1 is 1.24 bits per heavy atom. The minimum absolute atomic E-state index is 0.0133. The maximum atomic E-state index is 13.8. The maximum absolute atomic E-state index is 13.8. The number of likely N-dealkylation sites (N-methyl/N-ethyl adjacent to an activating group) is 1. The monoisotopic (exact) mass is 483 g/mol. The number of nitrogens with two attached hydrogens (primary N) is 1. The summed E-state index contributed by atoms with van der Waals surface area (Å²) in [6.07, 6.45) is 1.45. The number of aliphatic imine (C=N–C) groups is 1. The summed E-state index contributed by atoms with van der Waals surface area (Å²) in [6.45, 7) is 1.85. The molecule has 1 heterocycles. The van der Waals surface area contributed by atoms with E-state index in [1.54, 1.807) is 12.1 Å². The van der Waals surface area contributed by atoms with Crippen LogP contribution in [0.4, 0.5) is 4.39 Å². The van der Waals surface area contributed by atoms with E-state index in [0.29, 0.717) is 23.1 Å². The predicted octanol–water partition coefficient (Wildman–Crippen LogP) is 2.52. The first-order chi connectivity index (χ1) is 13.5. The number of amides is 1. The molecule has 0 saturated carbocycles. The van der Waals surface area contributed by atoms with Gasteiger partial charge in [-0.1, -0.05) is 25.1 Å². The van der Waals surface area contributed by atoms with Gasteiger partial charge in [0.25, 0.3) is 5.91 Å². The third kappa shape index (κ3) is 3.74. The van der Waals surface area contributed by atoms with E-state index in [9.17, 15) is 17.6 Å². The molecular formula is C19H19BrFN3O4S. The number of guanidine groups is 1. The number of aryl methyl sites for hydroxylation is 1. The van der Waals surface area contributed by atoms with E-state index >= 15 is 0 Å². The molecule has 1 amide bonds. The summed E-state index contributed by atoms with van der Waals surface area (Å²) in [5.41, 5.74) is 5.69. The Balaban J connectivity index is 2.30. The Labute approximate surface area is 176 Å². The van der Waals surface area contributed by atoms with E-state index in [2.05, 4.69) is 20.9 Å². The molecule has 0 saturated heterocycles. The van der Waals surface area contributed by atoms with Gasteiger partial charge in [0, 0.05) is 7.05 Å². The van der Waals surface area contributed by atoms with Gasteiger partial charge in [-0.25, -0.2) is 9.38 Å². The average Bonchev–Trinajstić information content (AvgIpc) is 2.87. The fourth-order valence-corrected chi connectivity index (χ4v) is 4.08. The molecular weight excluding hydrogens is 465 g/mol. The third-order valence-corrected chi connectivity index (χ3v) is 5.77. The van der Waals surface area contributed by atoms with E-state index < -0.39 is 27.4 Å². The van der Waals surface area contributed by atoms with Crippen LogP contribution in [-0.4, -0.2) is 38.5 Å². The summed E-state index contributed by atoms with van der Waals surface area (Å²) in [5, 5.41) is 0. The van der Waals surface area contributed by atoms with Crippen molar-refractivity contribution in [3.05, 3.63) is 63.4 Å². The van der Waals surface area contributed by atoms with Crippen LogP contribution in [-0.2, 0) is 26.9 Å². The fraction of sp³-hybridized carbons (Fsp3) is 0.263. The summed E-state index contributed by atoms with van der Waals surface area (Å²) in [7, 11) is -2.31. The first kappa shape index (κ1) is 21.3. The molecule has 0 radical (unpaired) electrons. The lowest BCUT2D eigenvalue weighted by Crippen LogP contribution is -2.41. The molecule has 1 unspecified atom stereocenters. The van der Waals surface area contributed by atoms with Gasteiger partial charge in [-0.2, -0.15) is 8.42 Å². The van der Waals surface area contributed by atoms with Gasteiger partial charge in [-0.3, -0.25) is 9.69 Å². The summed E-state index contributed by atoms with van der Waals surface area (Å²) in [5.74, 6) is -0.866. The van der Waals surface area contributed by atoms with E-state index in [-0.39, 0.29) is 16.2 Å². The number of hydrogen-bond acceptors (Lipinski definition) is 6. The molecule has 2 aromatic carbocycles. The first-order valence-electron chi connectivity index (χ1n) is 8.61. The molecule has 154 valence electrons. The van der Waals surface area contributed by atoms with Gasteiger partial charge in [0.05, 0.1) is 10.7 Å². The van der Waals surface area contributed by atoms with Crippen LogP contribution in [0.5, 0.6) is 5.75 Å². The van der Waals surface area contributed by atoms with Gasteiger partial charge in [0.1, 0.15) is 11.6 Å². The Morgan fingerprint density at radius 2 is 1.86 bits per heavy atom. The molecule has 1 atom stereocenters. The van der Waals surface area contributed by atoms with Gasteiger partial charge in [0.2, 0.25) is 0 Å². The van der Waals surface area contributed by atoms with Crippen LogP contribution in [0, 0.1) is 5.82 Å². The predicted molar refractivity (Wildman–Crippen MR) is 111 cm³/mol. The smallest absolute Gasteiger partial charge is 0.306 e. The zero-order chi connectivity index (χ0) is 21.6. The largest absolute Gasteiger partial charge is 0.382 e. The van der Waals surface area contributed by atoms with Gasteiger partial charge >= 0.3 is 10.1 Å². The molecule has 29 heavy (non-hydrogen) atoms. The highest BCUT2D eigenvalue weighted by molar-refractivity contribution is 9.10. The Morgan fingerprint density at radius 3 is 2.38 bits per heavy atom. The summed E-state index contributed by atoms with van der Waals surface area (Å²) in [6, 6.07) is 8.91. The third-order valence-electron chi connectivity index (χ3n) is 4.68. The van der Waals surface area contributed by atoms with Crippen LogP contribution < -0.4 is 9.92 Å². The second-order valence-electron chi connectivity index (χ2n) is 6.64. The Bertz CT molecular complexity index is 1140. The molecule has 0 aromatic heterocycles. The molecule has 7 nitrogen and oxygen atoms in total. The quantitative estimate of drug-likeness (QED) is 0.658. The van der Waals surface area contributed by atoms with Crippen LogP contribution in [0.25, 0.3) is 0 Å². The molecule has 2 N–H and O–H groups in total. The van der Waals surface area contributed by atoms with Crippen molar-refractivity contribution in [2.24, 2.45) is 10.7 Å². The van der Waals surface area contributed by atoms with E-state index in [1.807, 2.05) is 6.92 Å². The first-order valence-corrected chi connectivity index (χ1v) is 11.2. The van der Waals surface area contributed by atoms with Crippen LogP contribution in [0.15, 0.2) is 45.9 Å². The molecule has 0 spiro atoms. The molecule has 1 aliphatic heterocycles. The van der Waals surface area contributed by atoms with Gasteiger partial charge in [-0.15, -0.1) is 0 Å². The average molecular weight is 484 g/mol. The van der Waals surface area contributed by atoms with Gasteiger partial charge < -0.3 is 9.92 Å². The second-order valence-corrected chi connectivity index (χ2v) is 9.07. The normalized spacial score (nSPS) is 19.4. The van der Waals surface area contributed by atoms with Crippen LogP contribution >= 0.6 is 15.9 Å². The maximum Gasteiger partial charge on any atom is 0.306 e. The SMILES string of the molecule is CCc1ccc(C2(c3ccc(F)c(Br)c3)N=C(N)N(C)C2=O)cc1OS(C)(=O)=O. The van der Waals surface area contributed by atoms with Crippen molar-refractivity contribution in [3.63, 3.8) is 0 Å². The van der Waals surface area contributed by atoms with Crippen molar-refractivity contribution in [2.75, 3.05) is 13.3 Å². The lowest BCUT2D eigenvalue weighted by molar-refractivity contribution is -0.129. The number of halogens is 2. The van der Waals surface area contributed by atoms with Crippen molar-refractivity contribution in [3.8, 4) is 5.75 Å². The summed E-state index contributed by atoms with van der Waals surface area (Å²) in [4.78, 5) is 18.9. The zero-order valence-electron chi connectivity index (χ0n) is 15.9. The van der Waals surface area contributed by atoms with Crippen molar-refractivity contribution in [2.45, 2.75) is 18.9 Å².